The van der Waals surface area contributed by atoms with Crippen molar-refractivity contribution in [2.24, 2.45) is 0 Å². The van der Waals surface area contributed by atoms with E-state index in [4.69, 9.17) is 0 Å². The summed E-state index contributed by atoms with van der Waals surface area (Å²) in [6, 6.07) is 7.70. The van der Waals surface area contributed by atoms with E-state index >= 15 is 0 Å². The van der Waals surface area contributed by atoms with Gasteiger partial charge in [0.05, 0.1) is 0 Å². The molecule has 2 saturated heterocycles. The van der Waals surface area contributed by atoms with Crippen molar-refractivity contribution in [2.45, 2.75) is 18.9 Å². The van der Waals surface area contributed by atoms with Gasteiger partial charge in [0, 0.05) is 37.9 Å². The monoisotopic (exact) mass is 280 g/mol. The summed E-state index contributed by atoms with van der Waals surface area (Å²) in [7, 11) is 0. The lowest BCUT2D eigenvalue weighted by Gasteiger charge is -2.41. The Kier molecular flexibility index (Phi) is 4.28. The van der Waals surface area contributed by atoms with Gasteiger partial charge in [0.1, 0.15) is 5.82 Å². The quantitative estimate of drug-likeness (QED) is 0.822. The van der Waals surface area contributed by atoms with Crippen LogP contribution < -0.4 is 4.90 Å². The standard InChI is InChI=1S/C15H21FN2S/c16-13-1-3-14(4-2-13)17-7-9-18(10-8-17)15-5-11-19-12-6-15/h1-4,15H,5-12H2. The Bertz CT molecular complexity index is 395. The summed E-state index contributed by atoms with van der Waals surface area (Å²) in [4.78, 5) is 5.02. The zero-order valence-electron chi connectivity index (χ0n) is 11.2. The number of benzene rings is 1. The highest BCUT2D eigenvalue weighted by atomic mass is 32.2. The highest BCUT2D eigenvalue weighted by Crippen LogP contribution is 2.24. The van der Waals surface area contributed by atoms with Gasteiger partial charge in [0.15, 0.2) is 0 Å². The van der Waals surface area contributed by atoms with Crippen LogP contribution in [-0.4, -0.2) is 48.6 Å². The minimum absolute atomic E-state index is 0.151. The first-order chi connectivity index (χ1) is 9.33. The summed E-state index contributed by atoms with van der Waals surface area (Å²) in [5.41, 5.74) is 1.15. The summed E-state index contributed by atoms with van der Waals surface area (Å²) in [6.45, 7) is 4.42. The van der Waals surface area contributed by atoms with Crippen LogP contribution in [0.1, 0.15) is 12.8 Å². The maximum atomic E-state index is 12.9. The molecule has 2 nitrogen and oxygen atoms in total. The van der Waals surface area contributed by atoms with E-state index in [0.29, 0.717) is 0 Å². The van der Waals surface area contributed by atoms with E-state index in [1.54, 1.807) is 12.1 Å². The van der Waals surface area contributed by atoms with Crippen LogP contribution in [-0.2, 0) is 0 Å². The summed E-state index contributed by atoms with van der Waals surface area (Å²) in [5, 5.41) is 0. The molecule has 2 fully saturated rings. The summed E-state index contributed by atoms with van der Waals surface area (Å²) in [5.74, 6) is 2.49. The molecule has 0 aromatic heterocycles. The molecule has 2 aliphatic rings. The van der Waals surface area contributed by atoms with Crippen molar-refractivity contribution in [1.29, 1.82) is 0 Å². The van der Waals surface area contributed by atoms with Gasteiger partial charge in [-0.25, -0.2) is 4.39 Å². The maximum absolute atomic E-state index is 12.9. The number of piperazine rings is 1. The van der Waals surface area contributed by atoms with Gasteiger partial charge in [-0.2, -0.15) is 11.8 Å². The molecule has 104 valence electrons. The molecule has 2 heterocycles. The summed E-state index contributed by atoms with van der Waals surface area (Å²) in [6.07, 6.45) is 2.70. The Labute approximate surface area is 119 Å². The fourth-order valence-corrected chi connectivity index (χ4v) is 4.13. The molecular formula is C15H21FN2S. The van der Waals surface area contributed by atoms with E-state index in [0.717, 1.165) is 37.9 Å². The fraction of sp³-hybridized carbons (Fsp3) is 0.600. The van der Waals surface area contributed by atoms with Crippen molar-refractivity contribution in [3.05, 3.63) is 30.1 Å². The van der Waals surface area contributed by atoms with Gasteiger partial charge in [-0.1, -0.05) is 0 Å². The zero-order valence-corrected chi connectivity index (χ0v) is 12.0. The van der Waals surface area contributed by atoms with E-state index in [-0.39, 0.29) is 5.82 Å². The number of hydrogen-bond acceptors (Lipinski definition) is 3. The number of thioether (sulfide) groups is 1. The topological polar surface area (TPSA) is 6.48 Å². The smallest absolute Gasteiger partial charge is 0.123 e. The van der Waals surface area contributed by atoms with Crippen LogP contribution in [0.25, 0.3) is 0 Å². The molecule has 4 heteroatoms. The maximum Gasteiger partial charge on any atom is 0.123 e. The third kappa shape index (κ3) is 3.23. The number of rotatable bonds is 2. The SMILES string of the molecule is Fc1ccc(N2CCN(C3CCSCC3)CC2)cc1. The van der Waals surface area contributed by atoms with Gasteiger partial charge in [0.25, 0.3) is 0 Å². The Balaban J connectivity index is 1.55. The molecule has 3 rings (SSSR count). The molecule has 19 heavy (non-hydrogen) atoms. The molecule has 0 radical (unpaired) electrons. The minimum atomic E-state index is -0.151. The van der Waals surface area contributed by atoms with Crippen LogP contribution >= 0.6 is 11.8 Å². The van der Waals surface area contributed by atoms with Gasteiger partial charge >= 0.3 is 0 Å². The van der Waals surface area contributed by atoms with Crippen molar-refractivity contribution < 1.29 is 4.39 Å². The Morgan fingerprint density at radius 2 is 1.58 bits per heavy atom. The first-order valence-electron chi connectivity index (χ1n) is 7.15. The molecule has 2 aliphatic heterocycles. The zero-order chi connectivity index (χ0) is 13.1. The molecule has 0 atom stereocenters. The number of halogens is 1. The predicted molar refractivity (Wildman–Crippen MR) is 80.5 cm³/mol. The van der Waals surface area contributed by atoms with E-state index in [1.807, 2.05) is 12.1 Å². The predicted octanol–water partition coefficient (Wildman–Crippen LogP) is 2.84. The molecule has 0 bridgehead atoms. The average Bonchev–Trinajstić information content (AvgIpc) is 2.49. The number of anilines is 1. The third-order valence-electron chi connectivity index (χ3n) is 4.21. The van der Waals surface area contributed by atoms with Crippen molar-refractivity contribution in [3.63, 3.8) is 0 Å². The number of nitrogens with zero attached hydrogens (tertiary/aromatic N) is 2. The lowest BCUT2D eigenvalue weighted by Crippen LogP contribution is -2.51. The summed E-state index contributed by atoms with van der Waals surface area (Å²) >= 11 is 2.09. The molecular weight excluding hydrogens is 259 g/mol. The largest absolute Gasteiger partial charge is 0.369 e. The highest BCUT2D eigenvalue weighted by molar-refractivity contribution is 7.99. The van der Waals surface area contributed by atoms with Gasteiger partial charge in [0.2, 0.25) is 0 Å². The average molecular weight is 280 g/mol. The Morgan fingerprint density at radius 1 is 0.947 bits per heavy atom. The van der Waals surface area contributed by atoms with Crippen molar-refractivity contribution >= 4 is 17.4 Å². The molecule has 0 amide bonds. The second-order valence-corrected chi connectivity index (χ2v) is 6.57. The van der Waals surface area contributed by atoms with E-state index < -0.39 is 0 Å². The lowest BCUT2D eigenvalue weighted by molar-refractivity contribution is 0.175. The van der Waals surface area contributed by atoms with Crippen LogP contribution in [0.2, 0.25) is 0 Å². The third-order valence-corrected chi connectivity index (χ3v) is 5.26. The summed E-state index contributed by atoms with van der Waals surface area (Å²) < 4.78 is 12.9. The molecule has 0 unspecified atom stereocenters. The van der Waals surface area contributed by atoms with Crippen LogP contribution in [0.4, 0.5) is 10.1 Å². The Morgan fingerprint density at radius 3 is 2.21 bits per heavy atom. The Hall–Kier alpha value is -0.740. The molecule has 1 aromatic carbocycles. The number of hydrogen-bond donors (Lipinski definition) is 0. The van der Waals surface area contributed by atoms with Crippen LogP contribution in [0.5, 0.6) is 0 Å². The van der Waals surface area contributed by atoms with E-state index in [1.165, 1.54) is 24.3 Å². The van der Waals surface area contributed by atoms with Crippen LogP contribution in [0.3, 0.4) is 0 Å². The molecule has 0 spiro atoms. The van der Waals surface area contributed by atoms with Crippen LogP contribution in [0.15, 0.2) is 24.3 Å². The molecule has 0 aliphatic carbocycles. The normalized spacial score (nSPS) is 22.7. The second kappa shape index (κ2) is 6.14. The first-order valence-corrected chi connectivity index (χ1v) is 8.31. The molecule has 1 aromatic rings. The van der Waals surface area contributed by atoms with Crippen LogP contribution in [0, 0.1) is 5.82 Å². The molecule has 0 saturated carbocycles. The fourth-order valence-electron chi connectivity index (χ4n) is 3.05. The first kappa shape index (κ1) is 13.3. The van der Waals surface area contributed by atoms with Crippen molar-refractivity contribution in [1.82, 2.24) is 4.90 Å². The van der Waals surface area contributed by atoms with Gasteiger partial charge in [-0.05, 0) is 48.6 Å². The van der Waals surface area contributed by atoms with Gasteiger partial charge in [-0.3, -0.25) is 4.90 Å². The van der Waals surface area contributed by atoms with Gasteiger partial charge in [-0.15, -0.1) is 0 Å². The van der Waals surface area contributed by atoms with Crippen molar-refractivity contribution in [3.8, 4) is 0 Å². The van der Waals surface area contributed by atoms with Gasteiger partial charge < -0.3 is 4.90 Å². The minimum Gasteiger partial charge on any atom is -0.369 e. The lowest BCUT2D eigenvalue weighted by atomic mass is 10.1. The van der Waals surface area contributed by atoms with E-state index in [2.05, 4.69) is 21.6 Å². The highest BCUT2D eigenvalue weighted by Gasteiger charge is 2.25. The van der Waals surface area contributed by atoms with E-state index in [9.17, 15) is 4.39 Å². The molecule has 0 N–H and O–H groups in total. The van der Waals surface area contributed by atoms with Crippen molar-refractivity contribution in [2.75, 3.05) is 42.6 Å². The second-order valence-electron chi connectivity index (χ2n) is 5.34.